The first kappa shape index (κ1) is 22.6. The monoisotopic (exact) mass is 464 g/mol. The second kappa shape index (κ2) is 9.91. The Kier molecular flexibility index (Phi) is 6.79. The standard InChI is InChI=1S/C13H16N2.C10H8N6O.ClH/c1-2-6-11-10(4-1)5-3-7-12(11)13-14-8-9-15-13;1-6-3-2-4-16-9(6)11-5-7(10(16)17)8-12-14-15-13-8;/h1-2,4,6,12H,3,5,7-9H2,(H,14,15);2-5H,1H3,(H,12,13,14,15);1H. The summed E-state index contributed by atoms with van der Waals surface area (Å²) in [6.45, 7) is 3.87. The van der Waals surface area contributed by atoms with Gasteiger partial charge in [-0.2, -0.15) is 5.21 Å². The van der Waals surface area contributed by atoms with Crippen molar-refractivity contribution >= 4 is 11.5 Å². The lowest BCUT2D eigenvalue weighted by molar-refractivity contribution is -0.00000687. The molecular formula is C23H25ClN8O. The topological polar surface area (TPSA) is 113 Å². The van der Waals surface area contributed by atoms with E-state index in [1.807, 2.05) is 13.0 Å². The highest BCUT2D eigenvalue weighted by Gasteiger charge is 2.25. The highest BCUT2D eigenvalue weighted by Crippen LogP contribution is 2.32. The van der Waals surface area contributed by atoms with Crippen LogP contribution in [-0.2, 0) is 6.42 Å². The number of rotatable bonds is 2. The summed E-state index contributed by atoms with van der Waals surface area (Å²) in [6.07, 6.45) is 6.92. The minimum Gasteiger partial charge on any atom is -1.00 e. The van der Waals surface area contributed by atoms with Gasteiger partial charge in [-0.05, 0) is 54.2 Å². The largest absolute Gasteiger partial charge is 1.00 e. The maximum atomic E-state index is 12.2. The van der Waals surface area contributed by atoms with Gasteiger partial charge in [-0.1, -0.05) is 30.3 Å². The molecule has 1 aromatic carbocycles. The van der Waals surface area contributed by atoms with Crippen molar-refractivity contribution in [2.24, 2.45) is 4.99 Å². The van der Waals surface area contributed by atoms with Gasteiger partial charge in [0.05, 0.1) is 6.54 Å². The van der Waals surface area contributed by atoms with Crippen molar-refractivity contribution < 1.29 is 13.8 Å². The van der Waals surface area contributed by atoms with Crippen molar-refractivity contribution in [3.8, 4) is 11.4 Å². The van der Waals surface area contributed by atoms with Crippen LogP contribution < -0.4 is 23.3 Å². The highest BCUT2D eigenvalue weighted by molar-refractivity contribution is 5.90. The molecule has 0 fully saturated rings. The molecule has 0 amide bonds. The van der Waals surface area contributed by atoms with Crippen LogP contribution in [0.15, 0.2) is 58.6 Å². The second-order valence-corrected chi connectivity index (χ2v) is 7.93. The average Bonchev–Trinajstić information content (AvgIpc) is 3.55. The van der Waals surface area contributed by atoms with E-state index in [0.29, 0.717) is 17.1 Å². The maximum Gasteiger partial charge on any atom is 1.00 e. The Morgan fingerprint density at radius 1 is 1.18 bits per heavy atom. The number of aliphatic imine (C=N–C) groups is 1. The quantitative estimate of drug-likeness (QED) is 0.410. The van der Waals surface area contributed by atoms with Crippen LogP contribution in [0.2, 0.25) is 0 Å². The van der Waals surface area contributed by atoms with E-state index in [4.69, 9.17) is 0 Å². The molecule has 6 rings (SSSR count). The molecule has 0 radical (unpaired) electrons. The molecule has 0 spiro atoms. The number of fused-ring (bicyclic) bond motifs is 2. The van der Waals surface area contributed by atoms with Crippen LogP contribution in [0.1, 0.15) is 36.9 Å². The minimum atomic E-state index is -0.208. The van der Waals surface area contributed by atoms with Crippen molar-refractivity contribution in [1.29, 1.82) is 0 Å². The van der Waals surface area contributed by atoms with Gasteiger partial charge in [0.25, 0.3) is 5.56 Å². The number of pyridine rings is 1. The minimum absolute atomic E-state index is 0. The van der Waals surface area contributed by atoms with E-state index in [1.54, 1.807) is 12.3 Å². The SMILES string of the molecule is Cc1cccn2c(=O)c(-c3nn[nH]n3)cnc12.[Cl-].[H+].c1ccc2c(c1)CCCC2C1=NCCN1. The Morgan fingerprint density at radius 3 is 2.85 bits per heavy atom. The summed E-state index contributed by atoms with van der Waals surface area (Å²) in [5.41, 5.74) is 4.69. The molecule has 2 N–H and O–H groups in total. The molecule has 1 atom stereocenters. The lowest BCUT2D eigenvalue weighted by atomic mass is 9.82. The molecule has 170 valence electrons. The molecule has 3 aromatic heterocycles. The number of tetrazole rings is 1. The van der Waals surface area contributed by atoms with Crippen molar-refractivity contribution in [3.05, 3.63) is 75.8 Å². The average molecular weight is 465 g/mol. The Balaban J connectivity index is 0.000000181. The maximum absolute atomic E-state index is 12.2. The summed E-state index contributed by atoms with van der Waals surface area (Å²) in [4.78, 5) is 21.0. The molecule has 1 aliphatic carbocycles. The van der Waals surface area contributed by atoms with Crippen LogP contribution in [0.25, 0.3) is 17.0 Å². The Morgan fingerprint density at radius 2 is 2.06 bits per heavy atom. The number of halogens is 1. The molecule has 1 aliphatic heterocycles. The predicted octanol–water partition coefficient (Wildman–Crippen LogP) is -0.592. The van der Waals surface area contributed by atoms with Crippen LogP contribution in [0.3, 0.4) is 0 Å². The van der Waals surface area contributed by atoms with Gasteiger partial charge in [-0.15, -0.1) is 10.2 Å². The van der Waals surface area contributed by atoms with Crippen molar-refractivity contribution in [3.63, 3.8) is 0 Å². The van der Waals surface area contributed by atoms with E-state index in [1.165, 1.54) is 46.8 Å². The number of nitrogens with one attached hydrogen (secondary N) is 2. The van der Waals surface area contributed by atoms with Crippen molar-refractivity contribution in [2.45, 2.75) is 32.1 Å². The fourth-order valence-corrected chi connectivity index (χ4v) is 4.36. The zero-order valence-corrected chi connectivity index (χ0v) is 19.0. The summed E-state index contributed by atoms with van der Waals surface area (Å²) < 4.78 is 1.47. The van der Waals surface area contributed by atoms with E-state index >= 15 is 0 Å². The van der Waals surface area contributed by atoms with Gasteiger partial charge in [-0.25, -0.2) is 4.98 Å². The zero-order valence-electron chi connectivity index (χ0n) is 19.2. The van der Waals surface area contributed by atoms with Crippen LogP contribution in [0.4, 0.5) is 0 Å². The number of aromatic nitrogens is 6. The van der Waals surface area contributed by atoms with E-state index in [0.717, 1.165) is 18.7 Å². The summed E-state index contributed by atoms with van der Waals surface area (Å²) >= 11 is 0. The smallest absolute Gasteiger partial charge is 1.00 e. The van der Waals surface area contributed by atoms with Gasteiger partial charge < -0.3 is 17.7 Å². The lowest BCUT2D eigenvalue weighted by Gasteiger charge is -2.25. The molecule has 0 saturated heterocycles. The van der Waals surface area contributed by atoms with Crippen molar-refractivity contribution in [1.82, 2.24) is 35.3 Å². The number of hydrogen-bond donors (Lipinski definition) is 2. The number of nitrogens with zero attached hydrogens (tertiary/aromatic N) is 6. The normalized spacial score (nSPS) is 16.6. The third-order valence-electron chi connectivity index (χ3n) is 5.91. The van der Waals surface area contributed by atoms with E-state index in [-0.39, 0.29) is 25.2 Å². The molecular weight excluding hydrogens is 440 g/mol. The molecule has 33 heavy (non-hydrogen) atoms. The van der Waals surface area contributed by atoms with Gasteiger partial charge in [0.15, 0.2) is 0 Å². The first-order valence-electron chi connectivity index (χ1n) is 10.8. The van der Waals surface area contributed by atoms with E-state index in [2.05, 4.69) is 60.2 Å². The van der Waals surface area contributed by atoms with E-state index in [9.17, 15) is 4.79 Å². The molecule has 4 aromatic rings. The van der Waals surface area contributed by atoms with Gasteiger partial charge >= 0.3 is 1.43 Å². The first-order valence-corrected chi connectivity index (χ1v) is 10.8. The highest BCUT2D eigenvalue weighted by atomic mass is 35.5. The Bertz CT molecular complexity index is 1340. The van der Waals surface area contributed by atoms with Crippen LogP contribution in [0.5, 0.6) is 0 Å². The third kappa shape index (κ3) is 4.49. The summed E-state index contributed by atoms with van der Waals surface area (Å²) in [5.74, 6) is 2.01. The Labute approximate surface area is 198 Å². The molecule has 10 heteroatoms. The third-order valence-corrected chi connectivity index (χ3v) is 5.91. The number of amidine groups is 1. The number of aromatic amines is 1. The van der Waals surface area contributed by atoms with Gasteiger partial charge in [0.2, 0.25) is 5.82 Å². The molecule has 1 unspecified atom stereocenters. The number of H-pyrrole nitrogens is 1. The van der Waals surface area contributed by atoms with Gasteiger partial charge in [-0.3, -0.25) is 14.2 Å². The van der Waals surface area contributed by atoms with Gasteiger partial charge in [0.1, 0.15) is 17.0 Å². The van der Waals surface area contributed by atoms with Crippen LogP contribution in [0, 0.1) is 6.92 Å². The molecule has 2 aliphatic rings. The Hall–Kier alpha value is -3.59. The summed E-state index contributed by atoms with van der Waals surface area (Å²) in [6, 6.07) is 12.5. The van der Waals surface area contributed by atoms with Gasteiger partial charge in [0, 0.05) is 24.9 Å². The predicted molar refractivity (Wildman–Crippen MR) is 123 cm³/mol. The second-order valence-electron chi connectivity index (χ2n) is 7.93. The molecule has 9 nitrogen and oxygen atoms in total. The lowest BCUT2D eigenvalue weighted by Crippen LogP contribution is -3.00. The van der Waals surface area contributed by atoms with Crippen LogP contribution in [-0.4, -0.2) is 48.9 Å². The number of benzene rings is 1. The number of aryl methyl sites for hydroxylation is 2. The molecule has 4 heterocycles. The summed E-state index contributed by atoms with van der Waals surface area (Å²) in [7, 11) is 0. The molecule has 0 saturated carbocycles. The van der Waals surface area contributed by atoms with Crippen molar-refractivity contribution in [2.75, 3.05) is 13.1 Å². The zero-order chi connectivity index (χ0) is 21.9. The number of hydrogen-bond acceptors (Lipinski definition) is 7. The fourth-order valence-electron chi connectivity index (χ4n) is 4.36. The van der Waals surface area contributed by atoms with E-state index < -0.39 is 0 Å². The fraction of sp³-hybridized carbons (Fsp3) is 0.304. The van der Waals surface area contributed by atoms with Crippen LogP contribution >= 0.6 is 0 Å². The molecule has 0 bridgehead atoms. The summed E-state index contributed by atoms with van der Waals surface area (Å²) in [5, 5.41) is 16.7. The first-order chi connectivity index (χ1) is 15.7.